The Bertz CT molecular complexity index is 1760. The fourth-order valence-electron chi connectivity index (χ4n) is 4.85. The van der Waals surface area contributed by atoms with Gasteiger partial charge in [0.1, 0.15) is 35.9 Å². The van der Waals surface area contributed by atoms with Crippen LogP contribution in [0, 0.1) is 6.92 Å². The maximum atomic E-state index is 13.7. The summed E-state index contributed by atoms with van der Waals surface area (Å²) in [6.45, 7) is 2.50. The van der Waals surface area contributed by atoms with Gasteiger partial charge in [-0.15, -0.1) is 0 Å². The molecule has 226 valence electrons. The van der Waals surface area contributed by atoms with Gasteiger partial charge in [0.2, 0.25) is 17.2 Å². The molecule has 0 spiro atoms. The number of rotatable bonds is 12. The van der Waals surface area contributed by atoms with Crippen LogP contribution in [0.2, 0.25) is 0 Å². The topological polar surface area (TPSA) is 85.6 Å². The predicted octanol–water partition coefficient (Wildman–Crippen LogP) is 7.46. The second-order valence-corrected chi connectivity index (χ2v) is 9.88. The average molecular weight is 595 g/mol. The van der Waals surface area contributed by atoms with Crippen LogP contribution in [-0.4, -0.2) is 28.4 Å². The Morgan fingerprint density at radius 2 is 1.14 bits per heavy atom. The maximum Gasteiger partial charge on any atom is 0.211 e. The molecule has 0 amide bonds. The van der Waals surface area contributed by atoms with Gasteiger partial charge in [0.05, 0.1) is 28.4 Å². The van der Waals surface area contributed by atoms with E-state index < -0.39 is 0 Å². The molecule has 0 fully saturated rings. The summed E-state index contributed by atoms with van der Waals surface area (Å²) in [5.41, 5.74) is 3.17. The van der Waals surface area contributed by atoms with Crippen molar-refractivity contribution in [1.82, 2.24) is 0 Å². The molecule has 4 aromatic carbocycles. The van der Waals surface area contributed by atoms with Crippen LogP contribution in [0.3, 0.4) is 0 Å². The highest BCUT2D eigenvalue weighted by atomic mass is 16.5. The molecule has 8 nitrogen and oxygen atoms in total. The van der Waals surface area contributed by atoms with Gasteiger partial charge < -0.3 is 32.8 Å². The van der Waals surface area contributed by atoms with E-state index in [0.29, 0.717) is 36.0 Å². The van der Waals surface area contributed by atoms with Crippen molar-refractivity contribution in [3.05, 3.63) is 117 Å². The van der Waals surface area contributed by atoms with E-state index >= 15 is 0 Å². The van der Waals surface area contributed by atoms with Crippen LogP contribution in [0.15, 0.2) is 88.1 Å². The Balaban J connectivity index is 1.54. The van der Waals surface area contributed by atoms with Gasteiger partial charge in [-0.2, -0.15) is 0 Å². The van der Waals surface area contributed by atoms with E-state index in [1.54, 1.807) is 13.0 Å². The van der Waals surface area contributed by atoms with Crippen LogP contribution < -0.4 is 33.8 Å². The van der Waals surface area contributed by atoms with Gasteiger partial charge in [-0.05, 0) is 41.8 Å². The van der Waals surface area contributed by atoms with E-state index in [0.717, 1.165) is 16.7 Å². The van der Waals surface area contributed by atoms with Crippen LogP contribution in [0.5, 0.6) is 34.5 Å². The molecule has 5 rings (SSSR count). The Kier molecular flexibility index (Phi) is 9.40. The summed E-state index contributed by atoms with van der Waals surface area (Å²) in [7, 11) is 5.86. The first-order chi connectivity index (χ1) is 21.5. The molecule has 5 aromatic rings. The lowest BCUT2D eigenvalue weighted by Crippen LogP contribution is -2.11. The fourth-order valence-corrected chi connectivity index (χ4v) is 4.85. The zero-order valence-corrected chi connectivity index (χ0v) is 25.3. The first-order valence-corrected chi connectivity index (χ1v) is 14.0. The molecule has 0 aliphatic carbocycles. The third kappa shape index (κ3) is 6.34. The lowest BCUT2D eigenvalue weighted by atomic mass is 10.1. The molecule has 0 radical (unpaired) electrons. The second-order valence-electron chi connectivity index (χ2n) is 9.88. The zero-order valence-electron chi connectivity index (χ0n) is 25.3. The molecule has 8 heteroatoms. The first kappa shape index (κ1) is 30.1. The molecule has 1 heterocycles. The van der Waals surface area contributed by atoms with Crippen molar-refractivity contribution >= 4 is 23.1 Å². The minimum absolute atomic E-state index is 0.184. The van der Waals surface area contributed by atoms with Crippen LogP contribution in [0.25, 0.3) is 23.1 Å². The van der Waals surface area contributed by atoms with Crippen molar-refractivity contribution in [2.75, 3.05) is 28.4 Å². The lowest BCUT2D eigenvalue weighted by Gasteiger charge is -2.18. The molecule has 44 heavy (non-hydrogen) atoms. The third-order valence-electron chi connectivity index (χ3n) is 7.07. The van der Waals surface area contributed by atoms with E-state index in [4.69, 9.17) is 32.8 Å². The van der Waals surface area contributed by atoms with Crippen molar-refractivity contribution in [1.29, 1.82) is 0 Å². The Labute approximate surface area is 256 Å². The lowest BCUT2D eigenvalue weighted by molar-refractivity contribution is 0.290. The summed E-state index contributed by atoms with van der Waals surface area (Å²) >= 11 is 0. The summed E-state index contributed by atoms with van der Waals surface area (Å²) in [6.07, 6.45) is 3.57. The van der Waals surface area contributed by atoms with Gasteiger partial charge in [-0.25, -0.2) is 0 Å². The van der Waals surface area contributed by atoms with Crippen molar-refractivity contribution in [2.24, 2.45) is 0 Å². The Morgan fingerprint density at radius 3 is 1.64 bits per heavy atom. The Morgan fingerprint density at radius 1 is 0.636 bits per heavy atom. The second kappa shape index (κ2) is 13.7. The van der Waals surface area contributed by atoms with Gasteiger partial charge >= 0.3 is 0 Å². The molecule has 0 aliphatic heterocycles. The quantitative estimate of drug-likeness (QED) is 0.147. The number of hydrogen-bond donors (Lipinski definition) is 0. The molecule has 1 aromatic heterocycles. The molecule has 0 saturated heterocycles. The van der Waals surface area contributed by atoms with Gasteiger partial charge in [0.15, 0.2) is 16.8 Å². The van der Waals surface area contributed by atoms with Crippen molar-refractivity contribution in [2.45, 2.75) is 20.1 Å². The SMILES string of the molecule is COc1c(OC)c(OC)c2c(=O)c(C)c(/C=C/c3cc(OCc4ccccc4)cc(OCc4ccccc4)c3)oc2c1OC. The van der Waals surface area contributed by atoms with Crippen LogP contribution >= 0.6 is 0 Å². The number of fused-ring (bicyclic) bond motifs is 1. The average Bonchev–Trinajstić information content (AvgIpc) is 3.07. The van der Waals surface area contributed by atoms with Crippen LogP contribution in [-0.2, 0) is 13.2 Å². The number of benzene rings is 4. The molecule has 0 saturated carbocycles. The van der Waals surface area contributed by atoms with Crippen molar-refractivity contribution in [3.8, 4) is 34.5 Å². The van der Waals surface area contributed by atoms with Crippen LogP contribution in [0.1, 0.15) is 28.0 Å². The third-order valence-corrected chi connectivity index (χ3v) is 7.07. The predicted molar refractivity (Wildman–Crippen MR) is 170 cm³/mol. The molecule has 0 unspecified atom stereocenters. The molecule has 0 N–H and O–H groups in total. The summed E-state index contributed by atoms with van der Waals surface area (Å²) in [6, 6.07) is 25.5. The minimum atomic E-state index is -0.283. The standard InChI is InChI=1S/C36H34O8/c1-23-29(44-33-30(31(23)37)32(38-2)34(39-3)36(41-5)35(33)40-4)17-16-26-18-27(42-21-24-12-8-6-9-13-24)20-28(19-26)43-22-25-14-10-7-11-15-25/h6-20H,21-22H2,1-5H3/b17-16+. The van der Waals surface area contributed by atoms with E-state index in [2.05, 4.69) is 0 Å². The number of methoxy groups -OCH3 is 4. The fraction of sp³-hybridized carbons (Fsp3) is 0.194. The number of hydrogen-bond acceptors (Lipinski definition) is 8. The van der Waals surface area contributed by atoms with E-state index in [-0.39, 0.29) is 39.4 Å². The van der Waals surface area contributed by atoms with Gasteiger partial charge in [0.25, 0.3) is 0 Å². The van der Waals surface area contributed by atoms with Gasteiger partial charge in [0, 0.05) is 11.6 Å². The molecular formula is C36H34O8. The largest absolute Gasteiger partial charge is 0.492 e. The van der Waals surface area contributed by atoms with Crippen molar-refractivity contribution < 1.29 is 32.8 Å². The van der Waals surface area contributed by atoms with E-state index in [9.17, 15) is 4.79 Å². The van der Waals surface area contributed by atoms with Crippen molar-refractivity contribution in [3.63, 3.8) is 0 Å². The monoisotopic (exact) mass is 594 g/mol. The highest BCUT2D eigenvalue weighted by Gasteiger charge is 2.28. The molecule has 0 bridgehead atoms. The molecule has 0 atom stereocenters. The molecular weight excluding hydrogens is 560 g/mol. The first-order valence-electron chi connectivity index (χ1n) is 14.0. The minimum Gasteiger partial charge on any atom is -0.492 e. The number of ether oxygens (including phenoxy) is 6. The van der Waals surface area contributed by atoms with Gasteiger partial charge in [-0.3, -0.25) is 4.79 Å². The highest BCUT2D eigenvalue weighted by molar-refractivity contribution is 5.95. The van der Waals surface area contributed by atoms with Gasteiger partial charge in [-0.1, -0.05) is 66.7 Å². The smallest absolute Gasteiger partial charge is 0.211 e. The summed E-state index contributed by atoms with van der Waals surface area (Å²) in [5, 5.41) is 0.199. The van der Waals surface area contributed by atoms with E-state index in [1.165, 1.54) is 28.4 Å². The summed E-state index contributed by atoms with van der Waals surface area (Å²) in [4.78, 5) is 13.7. The summed E-state index contributed by atoms with van der Waals surface area (Å²) < 4.78 is 40.8. The summed E-state index contributed by atoms with van der Waals surface area (Å²) in [5.74, 6) is 2.54. The van der Waals surface area contributed by atoms with E-state index in [1.807, 2.05) is 84.9 Å². The maximum absolute atomic E-state index is 13.7. The Hall–Kier alpha value is -5.37. The zero-order chi connectivity index (χ0) is 31.1. The molecule has 0 aliphatic rings. The normalized spacial score (nSPS) is 11.0. The highest BCUT2D eigenvalue weighted by Crippen LogP contribution is 2.50. The van der Waals surface area contributed by atoms with Crippen LogP contribution in [0.4, 0.5) is 0 Å².